The molecule has 0 unspecified atom stereocenters. The van der Waals surface area contributed by atoms with E-state index in [1.165, 1.54) is 38.6 Å². The molecule has 0 fully saturated rings. The molecule has 4 N–H and O–H groups in total. The molecule has 11 nitrogen and oxygen atoms in total. The van der Waals surface area contributed by atoms with Gasteiger partial charge in [0.1, 0.15) is 39.5 Å². The summed E-state index contributed by atoms with van der Waals surface area (Å²) in [6.07, 6.45) is 2.95. The molecule has 0 saturated carbocycles. The van der Waals surface area contributed by atoms with Crippen molar-refractivity contribution in [1.29, 1.82) is 0 Å². The minimum absolute atomic E-state index is 0.130. The van der Waals surface area contributed by atoms with Gasteiger partial charge in [0.2, 0.25) is 0 Å². The van der Waals surface area contributed by atoms with Crippen molar-refractivity contribution >= 4 is 58.1 Å². The van der Waals surface area contributed by atoms with Gasteiger partial charge < -0.3 is 25.8 Å². The van der Waals surface area contributed by atoms with Crippen LogP contribution < -0.4 is 30.7 Å². The van der Waals surface area contributed by atoms with E-state index in [0.717, 1.165) is 0 Å². The van der Waals surface area contributed by atoms with Crippen LogP contribution in [0, 0.1) is 0 Å². The fourth-order valence-electron chi connectivity index (χ4n) is 2.61. The van der Waals surface area contributed by atoms with Gasteiger partial charge in [-0.05, 0) is 0 Å². The zero-order chi connectivity index (χ0) is 22.7. The summed E-state index contributed by atoms with van der Waals surface area (Å²) in [7, 11) is 6.15. The molecule has 0 atom stereocenters. The molecule has 2 aromatic heterocycles. The number of hydrogen-bond acceptors (Lipinski definition) is 8. The molecule has 164 valence electrons. The number of nitrogens with zero attached hydrogens (tertiary/aromatic N) is 5. The highest BCUT2D eigenvalue weighted by Crippen LogP contribution is 2.44. The van der Waals surface area contributed by atoms with Crippen LogP contribution in [0.5, 0.6) is 11.5 Å². The molecule has 0 bridgehead atoms. The summed E-state index contributed by atoms with van der Waals surface area (Å²) in [5.74, 6) is 1.71. The Hall–Kier alpha value is -3.44. The number of amides is 2. The maximum absolute atomic E-state index is 12.8. The van der Waals surface area contributed by atoms with Crippen LogP contribution in [0.3, 0.4) is 0 Å². The average molecular weight is 467 g/mol. The predicted molar refractivity (Wildman–Crippen MR) is 120 cm³/mol. The average Bonchev–Trinajstić information content (AvgIpc) is 3.07. The van der Waals surface area contributed by atoms with Crippen LogP contribution in [-0.4, -0.2) is 47.0 Å². The third kappa shape index (κ3) is 4.67. The minimum atomic E-state index is -0.555. The first kappa shape index (κ1) is 22.2. The summed E-state index contributed by atoms with van der Waals surface area (Å²) in [4.78, 5) is 22.3. The van der Waals surface area contributed by atoms with Crippen LogP contribution in [0.1, 0.15) is 0 Å². The first-order valence-electron chi connectivity index (χ1n) is 8.78. The number of nitrogen functional groups attached to an aromatic ring is 1. The van der Waals surface area contributed by atoms with Gasteiger partial charge in [-0.2, -0.15) is 5.10 Å². The normalized spacial score (nSPS) is 10.5. The van der Waals surface area contributed by atoms with Crippen LogP contribution in [0.15, 0.2) is 24.7 Å². The maximum atomic E-state index is 12.8. The lowest BCUT2D eigenvalue weighted by Crippen LogP contribution is -2.32. The fraction of sp³-hybridized carbons (Fsp3) is 0.222. The zero-order valence-electron chi connectivity index (χ0n) is 17.1. The van der Waals surface area contributed by atoms with Crippen molar-refractivity contribution in [2.45, 2.75) is 0 Å². The maximum Gasteiger partial charge on any atom is 0.327 e. The number of hydrogen-bond donors (Lipinski definition) is 3. The Bertz CT molecular complexity index is 1090. The number of nitrogens with two attached hydrogens (primary N) is 1. The third-order valence-corrected chi connectivity index (χ3v) is 4.96. The molecule has 0 aliphatic heterocycles. The highest BCUT2D eigenvalue weighted by atomic mass is 35.5. The van der Waals surface area contributed by atoms with Gasteiger partial charge in [0.25, 0.3) is 0 Å². The SMILES string of the molecule is COc1cc(OC)c(Cl)c(NC(=O)N(C)c2cc(Nc3nn(C)cc3N)ncn2)c1Cl. The van der Waals surface area contributed by atoms with Crippen LogP contribution in [0.25, 0.3) is 0 Å². The highest BCUT2D eigenvalue weighted by molar-refractivity contribution is 6.41. The lowest BCUT2D eigenvalue weighted by Gasteiger charge is -2.20. The van der Waals surface area contributed by atoms with Crippen molar-refractivity contribution < 1.29 is 14.3 Å². The molecule has 3 aromatic rings. The molecule has 0 radical (unpaired) electrons. The molecule has 2 amide bonds. The van der Waals surface area contributed by atoms with Crippen molar-refractivity contribution in [3.8, 4) is 11.5 Å². The van der Waals surface area contributed by atoms with Gasteiger partial charge in [-0.25, -0.2) is 14.8 Å². The number of rotatable bonds is 6. The molecule has 13 heteroatoms. The van der Waals surface area contributed by atoms with E-state index >= 15 is 0 Å². The summed E-state index contributed by atoms with van der Waals surface area (Å²) in [5.41, 5.74) is 6.48. The number of benzene rings is 1. The van der Waals surface area contributed by atoms with Crippen molar-refractivity contribution in [2.24, 2.45) is 7.05 Å². The first-order chi connectivity index (χ1) is 14.7. The number of anilines is 5. The van der Waals surface area contributed by atoms with E-state index in [9.17, 15) is 4.79 Å². The number of aryl methyl sites for hydroxylation is 1. The van der Waals surface area contributed by atoms with Gasteiger partial charge in [-0.1, -0.05) is 23.2 Å². The fourth-order valence-corrected chi connectivity index (χ4v) is 3.21. The molecular formula is C18H20Cl2N8O3. The van der Waals surface area contributed by atoms with Crippen LogP contribution in [-0.2, 0) is 7.05 Å². The number of nitrogens with one attached hydrogen (secondary N) is 2. The van der Waals surface area contributed by atoms with E-state index < -0.39 is 6.03 Å². The van der Waals surface area contributed by atoms with Crippen molar-refractivity contribution in [1.82, 2.24) is 19.7 Å². The second-order valence-corrected chi connectivity index (χ2v) is 7.02. The number of ether oxygens (including phenoxy) is 2. The van der Waals surface area contributed by atoms with Gasteiger partial charge in [-0.3, -0.25) is 9.58 Å². The number of urea groups is 1. The largest absolute Gasteiger partial charge is 0.495 e. The molecule has 1 aromatic carbocycles. The Kier molecular flexibility index (Phi) is 6.56. The lowest BCUT2D eigenvalue weighted by atomic mass is 10.2. The van der Waals surface area contributed by atoms with Gasteiger partial charge >= 0.3 is 6.03 Å². The van der Waals surface area contributed by atoms with Crippen LogP contribution in [0.2, 0.25) is 10.0 Å². The van der Waals surface area contributed by atoms with E-state index in [2.05, 4.69) is 25.7 Å². The molecule has 0 aliphatic rings. The smallest absolute Gasteiger partial charge is 0.327 e. The van der Waals surface area contributed by atoms with Gasteiger partial charge in [-0.15, -0.1) is 0 Å². The van der Waals surface area contributed by atoms with Crippen molar-refractivity contribution in [3.05, 3.63) is 34.7 Å². The second-order valence-electron chi connectivity index (χ2n) is 6.27. The summed E-state index contributed by atoms with van der Waals surface area (Å²) in [6, 6.07) is 2.53. The Balaban J connectivity index is 1.83. The summed E-state index contributed by atoms with van der Waals surface area (Å²) in [5, 5.41) is 10.1. The molecule has 2 heterocycles. The lowest BCUT2D eigenvalue weighted by molar-refractivity contribution is 0.258. The Morgan fingerprint density at radius 2 is 1.81 bits per heavy atom. The quantitative estimate of drug-likeness (QED) is 0.502. The van der Waals surface area contributed by atoms with E-state index in [-0.39, 0.29) is 15.7 Å². The summed E-state index contributed by atoms with van der Waals surface area (Å²) in [6.45, 7) is 0. The van der Waals surface area contributed by atoms with E-state index in [0.29, 0.717) is 34.6 Å². The zero-order valence-corrected chi connectivity index (χ0v) is 18.6. The molecule has 31 heavy (non-hydrogen) atoms. The highest BCUT2D eigenvalue weighted by Gasteiger charge is 2.21. The van der Waals surface area contributed by atoms with E-state index in [1.54, 1.807) is 24.0 Å². The Morgan fingerprint density at radius 3 is 2.35 bits per heavy atom. The van der Waals surface area contributed by atoms with Gasteiger partial charge in [0.05, 0.1) is 25.6 Å². The Labute approximate surface area is 188 Å². The first-order valence-corrected chi connectivity index (χ1v) is 9.53. The number of methoxy groups -OCH3 is 2. The number of carbonyl (C=O) groups is 1. The molecular weight excluding hydrogens is 447 g/mol. The minimum Gasteiger partial charge on any atom is -0.495 e. The van der Waals surface area contributed by atoms with E-state index in [4.69, 9.17) is 38.4 Å². The van der Waals surface area contributed by atoms with Crippen LogP contribution in [0.4, 0.5) is 33.6 Å². The van der Waals surface area contributed by atoms with Crippen molar-refractivity contribution in [2.75, 3.05) is 42.5 Å². The predicted octanol–water partition coefficient (Wildman–Crippen LogP) is 3.53. The number of carbonyl (C=O) groups excluding carboxylic acids is 1. The summed E-state index contributed by atoms with van der Waals surface area (Å²) < 4.78 is 12.0. The summed E-state index contributed by atoms with van der Waals surface area (Å²) >= 11 is 12.6. The monoisotopic (exact) mass is 466 g/mol. The molecule has 3 rings (SSSR count). The Morgan fingerprint density at radius 1 is 1.16 bits per heavy atom. The molecule has 0 aliphatic carbocycles. The third-order valence-electron chi connectivity index (χ3n) is 4.21. The van der Waals surface area contributed by atoms with E-state index in [1.807, 2.05) is 0 Å². The van der Waals surface area contributed by atoms with Gasteiger partial charge in [0.15, 0.2) is 5.82 Å². The van der Waals surface area contributed by atoms with Gasteiger partial charge in [0, 0.05) is 32.4 Å². The number of aromatic nitrogens is 4. The second kappa shape index (κ2) is 9.14. The molecule has 0 spiro atoms. The number of halogens is 2. The topological polar surface area (TPSA) is 132 Å². The van der Waals surface area contributed by atoms with Crippen LogP contribution >= 0.6 is 23.2 Å². The standard InChI is InChI=1S/C18H20Cl2N8O3/c1-27-7-9(21)17(26-27)24-12-6-13(23-8-22-12)28(2)18(29)25-16-14(19)10(30-3)5-11(31-4)15(16)20/h5-8H,21H2,1-4H3,(H,25,29)(H,22,23,24,26). The van der Waals surface area contributed by atoms with Crippen molar-refractivity contribution in [3.63, 3.8) is 0 Å². The molecule has 0 saturated heterocycles.